The minimum atomic E-state index is 0.670. The van der Waals surface area contributed by atoms with Crippen LogP contribution in [0.3, 0.4) is 0 Å². The number of ether oxygens (including phenoxy) is 1. The van der Waals surface area contributed by atoms with Gasteiger partial charge in [-0.2, -0.15) is 0 Å². The number of nitrogens with one attached hydrogen (secondary N) is 2. The van der Waals surface area contributed by atoms with E-state index in [-0.39, 0.29) is 0 Å². The number of rotatable bonds is 9. The van der Waals surface area contributed by atoms with Crippen LogP contribution in [0.5, 0.6) is 0 Å². The van der Waals surface area contributed by atoms with E-state index in [2.05, 4.69) is 29.6 Å². The van der Waals surface area contributed by atoms with Gasteiger partial charge in [-0.25, -0.2) is 5.84 Å². The molecule has 96 valence electrons. The largest absolute Gasteiger partial charge is 0.381 e. The average Bonchev–Trinajstić information content (AvgIpc) is 2.31. The maximum absolute atomic E-state index is 5.36. The molecule has 0 fully saturated rings. The highest BCUT2D eigenvalue weighted by Gasteiger charge is 1.94. The van der Waals surface area contributed by atoms with Crippen LogP contribution in [0, 0.1) is 0 Å². The molecule has 0 rings (SSSR count). The summed E-state index contributed by atoms with van der Waals surface area (Å²) < 4.78 is 5.36. The van der Waals surface area contributed by atoms with Gasteiger partial charge in [0.2, 0.25) is 5.96 Å². The molecule has 0 aromatic carbocycles. The van der Waals surface area contributed by atoms with Gasteiger partial charge in [-0.1, -0.05) is 20.3 Å². The first-order valence-electron chi connectivity index (χ1n) is 6.17. The van der Waals surface area contributed by atoms with Crippen molar-refractivity contribution in [2.75, 3.05) is 26.3 Å². The Kier molecular flexibility index (Phi) is 11.6. The fourth-order valence-corrected chi connectivity index (χ4v) is 1.14. The molecule has 5 heteroatoms. The lowest BCUT2D eigenvalue weighted by molar-refractivity contribution is 0.134. The lowest BCUT2D eigenvalue weighted by Crippen LogP contribution is -2.42. The van der Waals surface area contributed by atoms with Crippen LogP contribution in [0.4, 0.5) is 0 Å². The fourth-order valence-electron chi connectivity index (χ4n) is 1.14. The van der Waals surface area contributed by atoms with Crippen molar-refractivity contribution in [1.29, 1.82) is 0 Å². The Bertz CT molecular complexity index is 173. The van der Waals surface area contributed by atoms with Gasteiger partial charge in [0, 0.05) is 26.3 Å². The molecule has 0 saturated heterocycles. The molecule has 0 aliphatic heterocycles. The molecule has 0 radical (unpaired) electrons. The molecular formula is C11H26N4O. The minimum absolute atomic E-state index is 0.670. The highest BCUT2D eigenvalue weighted by molar-refractivity contribution is 5.79. The Balaban J connectivity index is 3.47. The number of nitrogens with two attached hydrogens (primary N) is 1. The highest BCUT2D eigenvalue weighted by atomic mass is 16.5. The van der Waals surface area contributed by atoms with Gasteiger partial charge in [-0.05, 0) is 19.3 Å². The highest BCUT2D eigenvalue weighted by Crippen LogP contribution is 1.87. The smallest absolute Gasteiger partial charge is 0.205 e. The second kappa shape index (κ2) is 12.3. The quantitative estimate of drug-likeness (QED) is 0.182. The molecule has 5 nitrogen and oxygen atoms in total. The molecule has 0 atom stereocenters. The van der Waals surface area contributed by atoms with Crippen molar-refractivity contribution < 1.29 is 4.74 Å². The summed E-state index contributed by atoms with van der Waals surface area (Å²) in [4.78, 5) is 4.30. The monoisotopic (exact) mass is 230 g/mol. The summed E-state index contributed by atoms with van der Waals surface area (Å²) in [5.74, 6) is 6.01. The van der Waals surface area contributed by atoms with Gasteiger partial charge in [0.05, 0.1) is 0 Å². The number of nitrogens with zero attached hydrogens (tertiary/aromatic N) is 1. The molecule has 0 bridgehead atoms. The third-order valence-corrected chi connectivity index (χ3v) is 2.02. The standard InChI is InChI=1S/C11H26N4O/c1-3-5-7-13-11(15-12)14-8-6-10-16-9-4-2/h3-10,12H2,1-2H3,(H2,13,14,15). The normalized spacial score (nSPS) is 11.6. The van der Waals surface area contributed by atoms with E-state index < -0.39 is 0 Å². The van der Waals surface area contributed by atoms with Crippen LogP contribution in [0.1, 0.15) is 39.5 Å². The number of hydrazine groups is 1. The molecule has 0 aliphatic carbocycles. The zero-order valence-corrected chi connectivity index (χ0v) is 10.6. The predicted octanol–water partition coefficient (Wildman–Crippen LogP) is 1.01. The Morgan fingerprint density at radius 3 is 2.62 bits per heavy atom. The third kappa shape index (κ3) is 9.73. The number of aliphatic imine (C=N–C) groups is 1. The van der Waals surface area contributed by atoms with Crippen molar-refractivity contribution in [2.24, 2.45) is 10.8 Å². The van der Waals surface area contributed by atoms with Crippen molar-refractivity contribution in [3.05, 3.63) is 0 Å². The van der Waals surface area contributed by atoms with Crippen LogP contribution < -0.4 is 16.6 Å². The number of hydrogen-bond acceptors (Lipinski definition) is 3. The van der Waals surface area contributed by atoms with Crippen LogP contribution in [-0.4, -0.2) is 32.3 Å². The topological polar surface area (TPSA) is 71.7 Å². The summed E-state index contributed by atoms with van der Waals surface area (Å²) in [5.41, 5.74) is 2.56. The van der Waals surface area contributed by atoms with E-state index in [1.807, 2.05) is 0 Å². The summed E-state index contributed by atoms with van der Waals surface area (Å²) in [6.07, 6.45) is 4.29. The van der Waals surface area contributed by atoms with Gasteiger partial charge in [0.25, 0.3) is 0 Å². The van der Waals surface area contributed by atoms with E-state index in [1.165, 1.54) is 0 Å². The molecule has 0 aromatic heterocycles. The van der Waals surface area contributed by atoms with E-state index in [1.54, 1.807) is 0 Å². The number of hydrogen-bond donors (Lipinski definition) is 3. The first-order chi connectivity index (χ1) is 7.85. The SMILES string of the molecule is CCCCNC(=NCCCOCCC)NN. The molecule has 0 heterocycles. The Hall–Kier alpha value is -0.810. The lowest BCUT2D eigenvalue weighted by atomic mass is 10.3. The third-order valence-electron chi connectivity index (χ3n) is 2.02. The van der Waals surface area contributed by atoms with Gasteiger partial charge in [0.15, 0.2) is 0 Å². The maximum atomic E-state index is 5.36. The first-order valence-corrected chi connectivity index (χ1v) is 6.17. The summed E-state index contributed by atoms with van der Waals surface area (Å²) in [6.45, 7) is 7.50. The zero-order chi connectivity index (χ0) is 12.1. The summed E-state index contributed by atoms with van der Waals surface area (Å²) in [7, 11) is 0. The predicted molar refractivity (Wildman–Crippen MR) is 68.3 cm³/mol. The molecule has 0 unspecified atom stereocenters. The van der Waals surface area contributed by atoms with Crippen LogP contribution in [-0.2, 0) is 4.74 Å². The van der Waals surface area contributed by atoms with Crippen molar-refractivity contribution >= 4 is 5.96 Å². The van der Waals surface area contributed by atoms with E-state index in [0.717, 1.165) is 52.0 Å². The van der Waals surface area contributed by atoms with Crippen LogP contribution >= 0.6 is 0 Å². The van der Waals surface area contributed by atoms with Crippen molar-refractivity contribution in [3.8, 4) is 0 Å². The van der Waals surface area contributed by atoms with Gasteiger partial charge >= 0.3 is 0 Å². The van der Waals surface area contributed by atoms with Crippen molar-refractivity contribution in [3.63, 3.8) is 0 Å². The minimum Gasteiger partial charge on any atom is -0.381 e. The van der Waals surface area contributed by atoms with E-state index in [9.17, 15) is 0 Å². The van der Waals surface area contributed by atoms with E-state index in [0.29, 0.717) is 5.96 Å². The van der Waals surface area contributed by atoms with Crippen molar-refractivity contribution in [2.45, 2.75) is 39.5 Å². The zero-order valence-electron chi connectivity index (χ0n) is 10.6. The molecule has 0 saturated carbocycles. The Morgan fingerprint density at radius 2 is 2.00 bits per heavy atom. The number of unbranched alkanes of at least 4 members (excludes halogenated alkanes) is 1. The van der Waals surface area contributed by atoms with Gasteiger partial charge in [0.1, 0.15) is 0 Å². The Labute approximate surface area is 98.8 Å². The van der Waals surface area contributed by atoms with Crippen LogP contribution in [0.2, 0.25) is 0 Å². The average molecular weight is 230 g/mol. The fraction of sp³-hybridized carbons (Fsp3) is 0.909. The van der Waals surface area contributed by atoms with E-state index in [4.69, 9.17) is 10.6 Å². The second-order valence-electron chi connectivity index (χ2n) is 3.62. The molecule has 4 N–H and O–H groups in total. The first kappa shape index (κ1) is 15.2. The maximum Gasteiger partial charge on any atom is 0.205 e. The van der Waals surface area contributed by atoms with E-state index >= 15 is 0 Å². The Morgan fingerprint density at radius 1 is 1.19 bits per heavy atom. The second-order valence-corrected chi connectivity index (χ2v) is 3.62. The van der Waals surface area contributed by atoms with Crippen LogP contribution in [0.25, 0.3) is 0 Å². The van der Waals surface area contributed by atoms with Crippen molar-refractivity contribution in [1.82, 2.24) is 10.7 Å². The molecule has 0 amide bonds. The summed E-state index contributed by atoms with van der Waals surface area (Å²) >= 11 is 0. The summed E-state index contributed by atoms with van der Waals surface area (Å²) in [6, 6.07) is 0. The lowest BCUT2D eigenvalue weighted by Gasteiger charge is -2.08. The molecule has 0 spiro atoms. The molecular weight excluding hydrogens is 204 g/mol. The van der Waals surface area contributed by atoms with Gasteiger partial charge in [-0.15, -0.1) is 0 Å². The van der Waals surface area contributed by atoms with Crippen LogP contribution in [0.15, 0.2) is 4.99 Å². The van der Waals surface area contributed by atoms with Gasteiger partial charge in [-0.3, -0.25) is 10.4 Å². The molecule has 16 heavy (non-hydrogen) atoms. The number of guanidine groups is 1. The summed E-state index contributed by atoms with van der Waals surface area (Å²) in [5, 5.41) is 3.15. The van der Waals surface area contributed by atoms with Gasteiger partial charge < -0.3 is 10.1 Å². The molecule has 0 aliphatic rings. The molecule has 0 aromatic rings.